The number of carbonyl (C=O) groups excluding carboxylic acids is 1. The fraction of sp³-hybridized carbons (Fsp3) is 0.333. The van der Waals surface area contributed by atoms with Gasteiger partial charge in [0.2, 0.25) is 0 Å². The van der Waals surface area contributed by atoms with Gasteiger partial charge in [0.1, 0.15) is 5.82 Å². The van der Waals surface area contributed by atoms with Crippen LogP contribution in [-0.2, 0) is 11.2 Å². The van der Waals surface area contributed by atoms with Crippen LogP contribution in [0.3, 0.4) is 0 Å². The third kappa shape index (κ3) is 3.94. The molecule has 170 valence electrons. The van der Waals surface area contributed by atoms with E-state index in [-0.39, 0.29) is 17.3 Å². The summed E-state index contributed by atoms with van der Waals surface area (Å²) in [5.74, 6) is 0.159. The predicted octanol–water partition coefficient (Wildman–Crippen LogP) is 5.85. The number of nitrogens with one attached hydrogen (secondary N) is 1. The van der Waals surface area contributed by atoms with Crippen molar-refractivity contribution in [2.75, 3.05) is 7.11 Å². The standard InChI is InChI=1S/C27H28FN3O2/c1-27-16-19-17-29-31(23-12-10-22(28)11-13-23)25(19)15-21(27)9-8-20(27)14-24(30-26(32)33-2)18-6-4-3-5-7-18/h3-7,10-13,15,17,20,24H,8-9,14,16H2,1-2H3,(H,30,32)/t20-,24?,27-/m1/s1. The highest BCUT2D eigenvalue weighted by Gasteiger charge is 2.46. The van der Waals surface area contributed by atoms with Gasteiger partial charge in [0.05, 0.1) is 30.7 Å². The molecule has 1 N–H and O–H groups in total. The van der Waals surface area contributed by atoms with Gasteiger partial charge in [-0.05, 0) is 78.5 Å². The zero-order valence-electron chi connectivity index (χ0n) is 18.9. The molecule has 2 aliphatic rings. The first-order chi connectivity index (χ1) is 16.0. The van der Waals surface area contributed by atoms with Crippen LogP contribution in [0.2, 0.25) is 0 Å². The molecule has 0 spiro atoms. The topological polar surface area (TPSA) is 56.1 Å². The number of carbonyl (C=O) groups is 1. The second kappa shape index (κ2) is 8.50. The molecule has 1 heterocycles. The summed E-state index contributed by atoms with van der Waals surface area (Å²) in [7, 11) is 1.40. The minimum atomic E-state index is -0.408. The normalized spacial score (nSPS) is 22.2. The van der Waals surface area contributed by atoms with Crippen LogP contribution < -0.4 is 5.32 Å². The van der Waals surface area contributed by atoms with Crippen molar-refractivity contribution < 1.29 is 13.9 Å². The number of allylic oxidation sites excluding steroid dienone is 1. The zero-order chi connectivity index (χ0) is 23.0. The first kappa shape index (κ1) is 21.4. The molecule has 1 aromatic heterocycles. The van der Waals surface area contributed by atoms with Crippen molar-refractivity contribution >= 4 is 12.2 Å². The van der Waals surface area contributed by atoms with E-state index in [1.807, 2.05) is 29.1 Å². The summed E-state index contributed by atoms with van der Waals surface area (Å²) in [6.07, 6.45) is 7.65. The molecule has 3 atom stereocenters. The number of fused-ring (bicyclic) bond motifs is 2. The average Bonchev–Trinajstić information content (AvgIpc) is 3.37. The molecular formula is C27H28FN3O2. The van der Waals surface area contributed by atoms with Gasteiger partial charge < -0.3 is 10.1 Å². The lowest BCUT2D eigenvalue weighted by molar-refractivity contribution is 0.160. The summed E-state index contributed by atoms with van der Waals surface area (Å²) in [5, 5.41) is 7.66. The van der Waals surface area contributed by atoms with E-state index in [2.05, 4.69) is 35.5 Å². The Balaban J connectivity index is 1.42. The number of amides is 1. The number of halogens is 1. The molecule has 1 unspecified atom stereocenters. The summed E-state index contributed by atoms with van der Waals surface area (Å²) >= 11 is 0. The number of hydrogen-bond donors (Lipinski definition) is 1. The summed E-state index contributed by atoms with van der Waals surface area (Å²) in [6.45, 7) is 2.34. The van der Waals surface area contributed by atoms with Crippen LogP contribution in [-0.4, -0.2) is 23.0 Å². The van der Waals surface area contributed by atoms with Crippen LogP contribution >= 0.6 is 0 Å². The molecule has 1 saturated carbocycles. The van der Waals surface area contributed by atoms with Gasteiger partial charge in [0.25, 0.3) is 0 Å². The fourth-order valence-corrected chi connectivity index (χ4v) is 5.55. The van der Waals surface area contributed by atoms with Crippen molar-refractivity contribution in [1.29, 1.82) is 0 Å². The van der Waals surface area contributed by atoms with E-state index >= 15 is 0 Å². The smallest absolute Gasteiger partial charge is 0.407 e. The van der Waals surface area contributed by atoms with Crippen LogP contribution in [0, 0.1) is 17.2 Å². The Hall–Kier alpha value is -3.41. The van der Waals surface area contributed by atoms with Gasteiger partial charge in [-0.15, -0.1) is 0 Å². The molecule has 0 bridgehead atoms. The van der Waals surface area contributed by atoms with Gasteiger partial charge in [-0.25, -0.2) is 13.9 Å². The number of ether oxygens (including phenoxy) is 1. The third-order valence-corrected chi connectivity index (χ3v) is 7.42. The van der Waals surface area contributed by atoms with Crippen molar-refractivity contribution in [2.24, 2.45) is 11.3 Å². The first-order valence-electron chi connectivity index (χ1n) is 11.4. The van der Waals surface area contributed by atoms with E-state index in [1.54, 1.807) is 12.1 Å². The number of aromatic nitrogens is 2. The summed E-state index contributed by atoms with van der Waals surface area (Å²) in [6, 6.07) is 16.4. The Morgan fingerprint density at radius 3 is 2.73 bits per heavy atom. The number of benzene rings is 2. The van der Waals surface area contributed by atoms with E-state index in [0.29, 0.717) is 5.92 Å². The maximum Gasteiger partial charge on any atom is 0.407 e. The lowest BCUT2D eigenvalue weighted by atomic mass is 9.68. The molecule has 6 heteroatoms. The van der Waals surface area contributed by atoms with E-state index in [0.717, 1.165) is 42.6 Å². The van der Waals surface area contributed by atoms with Crippen LogP contribution in [0.25, 0.3) is 11.8 Å². The first-order valence-corrected chi connectivity index (χ1v) is 11.4. The predicted molar refractivity (Wildman–Crippen MR) is 125 cm³/mol. The van der Waals surface area contributed by atoms with Gasteiger partial charge in [-0.2, -0.15) is 5.10 Å². The van der Waals surface area contributed by atoms with Crippen LogP contribution in [0.15, 0.2) is 66.4 Å². The monoisotopic (exact) mass is 445 g/mol. The SMILES string of the molecule is COC(=O)NC(C[C@H]1CCC2=Cc3c(cnn3-c3ccc(F)cc3)C[C@@]21C)c1ccccc1. The summed E-state index contributed by atoms with van der Waals surface area (Å²) in [5.41, 5.74) is 5.67. The second-order valence-corrected chi connectivity index (χ2v) is 9.28. The Morgan fingerprint density at radius 1 is 1.24 bits per heavy atom. The lowest BCUT2D eigenvalue weighted by Gasteiger charge is -2.37. The largest absolute Gasteiger partial charge is 0.453 e. The molecule has 33 heavy (non-hydrogen) atoms. The number of alkyl carbamates (subject to hydrolysis) is 1. The van der Waals surface area contributed by atoms with E-state index in [1.165, 1.54) is 30.4 Å². The Kier molecular flexibility index (Phi) is 5.52. The minimum absolute atomic E-state index is 0.00842. The number of nitrogens with zero attached hydrogens (tertiary/aromatic N) is 2. The third-order valence-electron chi connectivity index (χ3n) is 7.42. The lowest BCUT2D eigenvalue weighted by Crippen LogP contribution is -2.34. The molecule has 0 saturated heterocycles. The quantitative estimate of drug-likeness (QED) is 0.536. The molecule has 5 nitrogen and oxygen atoms in total. The maximum atomic E-state index is 13.4. The van der Waals surface area contributed by atoms with Gasteiger partial charge in [0, 0.05) is 0 Å². The summed E-state index contributed by atoms with van der Waals surface area (Å²) in [4.78, 5) is 12.1. The highest BCUT2D eigenvalue weighted by Crippen LogP contribution is 2.55. The maximum absolute atomic E-state index is 13.4. The van der Waals surface area contributed by atoms with Crippen molar-refractivity contribution in [1.82, 2.24) is 15.1 Å². The number of hydrogen-bond acceptors (Lipinski definition) is 3. The van der Waals surface area contributed by atoms with Crippen molar-refractivity contribution in [3.63, 3.8) is 0 Å². The van der Waals surface area contributed by atoms with Crippen molar-refractivity contribution in [3.8, 4) is 5.69 Å². The molecule has 2 aliphatic carbocycles. The van der Waals surface area contributed by atoms with E-state index in [4.69, 9.17) is 4.74 Å². The molecule has 0 aliphatic heterocycles. The summed E-state index contributed by atoms with van der Waals surface area (Å²) < 4.78 is 20.2. The molecule has 1 amide bonds. The highest BCUT2D eigenvalue weighted by atomic mass is 19.1. The second-order valence-electron chi connectivity index (χ2n) is 9.28. The van der Waals surface area contributed by atoms with E-state index < -0.39 is 6.09 Å². The van der Waals surface area contributed by atoms with Gasteiger partial charge in [0.15, 0.2) is 0 Å². The molecule has 5 rings (SSSR count). The molecule has 2 aromatic carbocycles. The van der Waals surface area contributed by atoms with Crippen molar-refractivity contribution in [2.45, 2.75) is 38.6 Å². The van der Waals surface area contributed by atoms with Crippen LogP contribution in [0.4, 0.5) is 9.18 Å². The Labute approximate surface area is 193 Å². The zero-order valence-corrected chi connectivity index (χ0v) is 18.9. The Morgan fingerprint density at radius 2 is 2.00 bits per heavy atom. The molecular weight excluding hydrogens is 417 g/mol. The average molecular weight is 446 g/mol. The molecule has 3 aromatic rings. The van der Waals surface area contributed by atoms with Gasteiger partial charge in [-0.1, -0.05) is 42.8 Å². The fourth-order valence-electron chi connectivity index (χ4n) is 5.55. The number of methoxy groups -OCH3 is 1. The molecule has 0 radical (unpaired) electrons. The van der Waals surface area contributed by atoms with Crippen molar-refractivity contribution in [3.05, 3.63) is 89.0 Å². The van der Waals surface area contributed by atoms with Crippen LogP contribution in [0.5, 0.6) is 0 Å². The van der Waals surface area contributed by atoms with Gasteiger partial charge >= 0.3 is 6.09 Å². The minimum Gasteiger partial charge on any atom is -0.453 e. The Bertz CT molecular complexity index is 1190. The highest BCUT2D eigenvalue weighted by molar-refractivity contribution is 5.67. The number of rotatable bonds is 5. The van der Waals surface area contributed by atoms with Gasteiger partial charge in [-0.3, -0.25) is 0 Å². The van der Waals surface area contributed by atoms with Crippen LogP contribution in [0.1, 0.15) is 49.0 Å². The molecule has 1 fully saturated rings. The van der Waals surface area contributed by atoms with E-state index in [9.17, 15) is 9.18 Å².